The molecule has 2 aromatic rings. The van der Waals surface area contributed by atoms with E-state index in [4.69, 9.17) is 0 Å². The molecule has 7 heteroatoms. The zero-order chi connectivity index (χ0) is 21.4. The molecule has 0 unspecified atom stereocenters. The predicted octanol–water partition coefficient (Wildman–Crippen LogP) is 0.662. The molecule has 0 aromatic heterocycles. The second-order valence-corrected chi connectivity index (χ2v) is 8.02. The zero-order valence-electron chi connectivity index (χ0n) is 17.1. The van der Waals surface area contributed by atoms with Crippen LogP contribution < -0.4 is 10.6 Å². The van der Waals surface area contributed by atoms with E-state index in [2.05, 4.69) is 17.6 Å². The van der Waals surface area contributed by atoms with Crippen molar-refractivity contribution in [1.29, 1.82) is 0 Å². The molecular formula is C23H26N3O4+. The molecule has 2 atom stereocenters. The van der Waals surface area contributed by atoms with Crippen LogP contribution in [0.3, 0.4) is 0 Å². The van der Waals surface area contributed by atoms with Gasteiger partial charge >= 0.3 is 0 Å². The molecule has 1 saturated heterocycles. The Balaban J connectivity index is 1.84. The molecule has 4 N–H and O–H groups in total. The summed E-state index contributed by atoms with van der Waals surface area (Å²) in [7, 11) is 0. The number of rotatable bonds is 4. The average Bonchev–Trinajstić information content (AvgIpc) is 2.76. The maximum absolute atomic E-state index is 13.5. The van der Waals surface area contributed by atoms with E-state index in [9.17, 15) is 19.5 Å². The standard InChI is InChI=1S/C23H25N3O4/c1-13-12-26(14(2)11-25-13)23(30)18-8-7-17-19(20(18)24-9-10-27)22(29)16-6-4-3-5-15(16)21(17)28/h3-8,13-14,24-25,27H,9-12H2,1-2H3/p+1/t13-,14-/m1/s1. The summed E-state index contributed by atoms with van der Waals surface area (Å²) in [5, 5.41) is 14.6. The average molecular weight is 408 g/mol. The van der Waals surface area contributed by atoms with Gasteiger partial charge < -0.3 is 20.6 Å². The summed E-state index contributed by atoms with van der Waals surface area (Å²) in [5.74, 6) is -0.700. The molecule has 1 amide bonds. The van der Waals surface area contributed by atoms with Crippen LogP contribution in [0.25, 0.3) is 0 Å². The van der Waals surface area contributed by atoms with Gasteiger partial charge in [0.15, 0.2) is 11.6 Å². The lowest BCUT2D eigenvalue weighted by Gasteiger charge is -2.35. The van der Waals surface area contributed by atoms with E-state index in [1.54, 1.807) is 36.4 Å². The first-order chi connectivity index (χ1) is 14.4. The fraction of sp³-hybridized carbons (Fsp3) is 0.348. The number of aliphatic hydroxyl groups excluding tert-OH is 1. The van der Waals surface area contributed by atoms with Gasteiger partial charge in [0.2, 0.25) is 0 Å². The van der Waals surface area contributed by atoms with Crippen LogP contribution in [0.15, 0.2) is 36.4 Å². The zero-order valence-corrected chi connectivity index (χ0v) is 17.1. The first kappa shape index (κ1) is 20.3. The fourth-order valence-electron chi connectivity index (χ4n) is 4.29. The summed E-state index contributed by atoms with van der Waals surface area (Å²) in [4.78, 5) is 41.6. The summed E-state index contributed by atoms with van der Waals surface area (Å²) in [6.07, 6.45) is 0. The van der Waals surface area contributed by atoms with Crippen LogP contribution in [0.2, 0.25) is 0 Å². The van der Waals surface area contributed by atoms with Gasteiger partial charge in [-0.3, -0.25) is 14.4 Å². The van der Waals surface area contributed by atoms with Crippen LogP contribution in [-0.2, 0) is 0 Å². The Kier molecular flexibility index (Phi) is 5.40. The lowest BCUT2D eigenvalue weighted by molar-refractivity contribution is -0.698. The Morgan fingerprint density at radius 3 is 2.50 bits per heavy atom. The number of amides is 1. The Bertz CT molecular complexity index is 1030. The van der Waals surface area contributed by atoms with Crippen molar-refractivity contribution in [3.05, 3.63) is 64.2 Å². The van der Waals surface area contributed by atoms with Gasteiger partial charge in [0.25, 0.3) is 5.91 Å². The Labute approximate surface area is 175 Å². The van der Waals surface area contributed by atoms with Crippen molar-refractivity contribution in [1.82, 2.24) is 4.90 Å². The van der Waals surface area contributed by atoms with Gasteiger partial charge in [0, 0.05) is 23.2 Å². The highest BCUT2D eigenvalue weighted by Crippen LogP contribution is 2.35. The lowest BCUT2D eigenvalue weighted by atomic mass is 9.82. The monoisotopic (exact) mass is 408 g/mol. The minimum atomic E-state index is -0.288. The van der Waals surface area contributed by atoms with Crippen LogP contribution in [-0.4, -0.2) is 65.8 Å². The number of hydrogen-bond acceptors (Lipinski definition) is 5. The largest absolute Gasteiger partial charge is 0.395 e. The van der Waals surface area contributed by atoms with Crippen molar-refractivity contribution in [2.75, 3.05) is 31.6 Å². The highest BCUT2D eigenvalue weighted by atomic mass is 16.3. The number of quaternary nitrogens is 1. The number of benzene rings is 2. The quantitative estimate of drug-likeness (QED) is 0.589. The summed E-state index contributed by atoms with van der Waals surface area (Å²) < 4.78 is 0. The molecule has 2 aromatic carbocycles. The van der Waals surface area contributed by atoms with Crippen molar-refractivity contribution in [2.45, 2.75) is 25.9 Å². The van der Waals surface area contributed by atoms with E-state index in [-0.39, 0.29) is 53.8 Å². The van der Waals surface area contributed by atoms with E-state index in [1.807, 2.05) is 11.8 Å². The minimum absolute atomic E-state index is 0.0495. The van der Waals surface area contributed by atoms with Crippen molar-refractivity contribution >= 4 is 23.2 Å². The normalized spacial score (nSPS) is 20.6. The van der Waals surface area contributed by atoms with Crippen LogP contribution in [0, 0.1) is 0 Å². The number of fused-ring (bicyclic) bond motifs is 2. The molecule has 1 aliphatic carbocycles. The highest BCUT2D eigenvalue weighted by Gasteiger charge is 2.36. The summed E-state index contributed by atoms with van der Waals surface area (Å²) >= 11 is 0. The lowest BCUT2D eigenvalue weighted by Crippen LogP contribution is -2.96. The van der Waals surface area contributed by atoms with Crippen molar-refractivity contribution in [3.8, 4) is 0 Å². The maximum atomic E-state index is 13.5. The van der Waals surface area contributed by atoms with Crippen molar-refractivity contribution in [3.63, 3.8) is 0 Å². The molecule has 1 fully saturated rings. The predicted molar refractivity (Wildman–Crippen MR) is 112 cm³/mol. The van der Waals surface area contributed by atoms with Gasteiger partial charge in [-0.05, 0) is 26.0 Å². The summed E-state index contributed by atoms with van der Waals surface area (Å²) in [6, 6.07) is 10.3. The molecule has 0 bridgehead atoms. The number of ketones is 2. The number of carbonyl (C=O) groups excluding carboxylic acids is 3. The fourth-order valence-corrected chi connectivity index (χ4v) is 4.29. The third kappa shape index (κ3) is 3.30. The number of anilines is 1. The Morgan fingerprint density at radius 1 is 1.10 bits per heavy atom. The van der Waals surface area contributed by atoms with Gasteiger partial charge in [-0.1, -0.05) is 24.3 Å². The molecule has 156 valence electrons. The van der Waals surface area contributed by atoms with Gasteiger partial charge in [0.05, 0.1) is 42.6 Å². The van der Waals surface area contributed by atoms with Crippen molar-refractivity contribution < 1.29 is 24.8 Å². The first-order valence-corrected chi connectivity index (χ1v) is 10.3. The van der Waals surface area contributed by atoms with Gasteiger partial charge in [-0.2, -0.15) is 0 Å². The van der Waals surface area contributed by atoms with E-state index in [0.29, 0.717) is 28.9 Å². The third-order valence-corrected chi connectivity index (χ3v) is 5.89. The van der Waals surface area contributed by atoms with Crippen LogP contribution in [0.4, 0.5) is 5.69 Å². The molecule has 2 aliphatic rings. The molecule has 4 rings (SSSR count). The van der Waals surface area contributed by atoms with Gasteiger partial charge in [-0.25, -0.2) is 0 Å². The molecular weight excluding hydrogens is 382 g/mol. The topological polar surface area (TPSA) is 103 Å². The summed E-state index contributed by atoms with van der Waals surface area (Å²) in [5.41, 5.74) is 1.88. The number of hydrogen-bond donors (Lipinski definition) is 3. The van der Waals surface area contributed by atoms with Crippen molar-refractivity contribution in [2.24, 2.45) is 0 Å². The SMILES string of the molecule is C[C@@H]1CN(C(=O)c2ccc3c(c2NCCO)C(=O)c2ccccc2C3=O)[C@H](C)C[NH2+]1. The van der Waals surface area contributed by atoms with Crippen LogP contribution >= 0.6 is 0 Å². The first-order valence-electron chi connectivity index (χ1n) is 10.3. The highest BCUT2D eigenvalue weighted by molar-refractivity contribution is 6.31. The molecule has 0 radical (unpaired) electrons. The van der Waals surface area contributed by atoms with E-state index in [0.717, 1.165) is 6.54 Å². The third-order valence-electron chi connectivity index (χ3n) is 5.89. The number of piperazine rings is 1. The maximum Gasteiger partial charge on any atom is 0.256 e. The Morgan fingerprint density at radius 2 is 1.80 bits per heavy atom. The summed E-state index contributed by atoms with van der Waals surface area (Å²) in [6.45, 7) is 5.49. The second kappa shape index (κ2) is 8.01. The number of nitrogens with one attached hydrogen (secondary N) is 1. The molecule has 0 spiro atoms. The second-order valence-electron chi connectivity index (χ2n) is 8.02. The van der Waals surface area contributed by atoms with E-state index >= 15 is 0 Å². The molecule has 7 nitrogen and oxygen atoms in total. The number of nitrogens with zero attached hydrogens (tertiary/aromatic N) is 1. The van der Waals surface area contributed by atoms with Crippen LogP contribution in [0.5, 0.6) is 0 Å². The van der Waals surface area contributed by atoms with E-state index in [1.165, 1.54) is 0 Å². The molecule has 1 aliphatic heterocycles. The molecule has 0 saturated carbocycles. The number of nitrogens with two attached hydrogens (primary N) is 1. The Hall–Kier alpha value is -3.03. The number of aliphatic hydroxyl groups is 1. The molecule has 30 heavy (non-hydrogen) atoms. The number of carbonyl (C=O) groups is 3. The van der Waals surface area contributed by atoms with Gasteiger partial charge in [0.1, 0.15) is 6.04 Å². The molecule has 1 heterocycles. The van der Waals surface area contributed by atoms with Gasteiger partial charge in [-0.15, -0.1) is 0 Å². The van der Waals surface area contributed by atoms with Crippen LogP contribution in [0.1, 0.15) is 56.0 Å². The minimum Gasteiger partial charge on any atom is -0.395 e. The smallest absolute Gasteiger partial charge is 0.256 e. The van der Waals surface area contributed by atoms with E-state index < -0.39 is 0 Å².